The molecule has 2 aromatic heterocycles. The molecule has 0 radical (unpaired) electrons. The lowest BCUT2D eigenvalue weighted by Gasteiger charge is -2.08. The first-order chi connectivity index (χ1) is 10.5. The van der Waals surface area contributed by atoms with Crippen molar-refractivity contribution >= 4 is 73.5 Å². The van der Waals surface area contributed by atoms with Crippen molar-refractivity contribution in [1.82, 2.24) is 0 Å². The number of benzene rings is 1. The number of non-ortho nitro benzene ring substituents is 1. The maximum absolute atomic E-state index is 11.2. The zero-order chi connectivity index (χ0) is 15.9. The van der Waals surface area contributed by atoms with Crippen molar-refractivity contribution in [2.75, 3.05) is 0 Å². The molecule has 0 aliphatic rings. The summed E-state index contributed by atoms with van der Waals surface area (Å²) in [5, 5.41) is 21.8. The number of phenols is 1. The molecular weight excluding hydrogens is 548 g/mol. The van der Waals surface area contributed by atoms with Crippen LogP contribution < -0.4 is 0 Å². The number of rotatable bonds is 3. The van der Waals surface area contributed by atoms with E-state index in [2.05, 4.69) is 45.2 Å². The molecule has 3 aromatic rings. The summed E-state index contributed by atoms with van der Waals surface area (Å²) in [5.74, 6) is 0.0853. The molecular formula is C14H7I2NO3S2. The van der Waals surface area contributed by atoms with Gasteiger partial charge in [0, 0.05) is 33.0 Å². The molecule has 0 bridgehead atoms. The zero-order valence-electron chi connectivity index (χ0n) is 10.7. The average molecular weight is 555 g/mol. The fraction of sp³-hybridized carbons (Fsp3) is 0. The number of aromatic hydroxyl groups is 1. The van der Waals surface area contributed by atoms with Crippen LogP contribution in [0.5, 0.6) is 5.75 Å². The summed E-state index contributed by atoms with van der Waals surface area (Å²) < 4.78 is 2.12. The number of nitro groups is 1. The maximum Gasteiger partial charge on any atom is 0.271 e. The Morgan fingerprint density at radius 2 is 1.41 bits per heavy atom. The fourth-order valence-corrected chi connectivity index (χ4v) is 5.30. The molecule has 0 aliphatic carbocycles. The van der Waals surface area contributed by atoms with Gasteiger partial charge in [-0.05, 0) is 69.4 Å². The molecule has 0 aliphatic heterocycles. The van der Waals surface area contributed by atoms with Gasteiger partial charge in [-0.25, -0.2) is 0 Å². The minimum Gasteiger partial charge on any atom is -0.507 e. The molecule has 0 unspecified atom stereocenters. The summed E-state index contributed by atoms with van der Waals surface area (Å²) in [7, 11) is 0. The highest BCUT2D eigenvalue weighted by atomic mass is 127. The Kier molecular flexibility index (Phi) is 4.71. The van der Waals surface area contributed by atoms with E-state index in [-0.39, 0.29) is 11.4 Å². The molecule has 4 nitrogen and oxygen atoms in total. The Labute approximate surface area is 161 Å². The number of hydrogen-bond donors (Lipinski definition) is 1. The lowest BCUT2D eigenvalue weighted by molar-refractivity contribution is -0.384. The number of nitrogens with zero attached hydrogens (tertiary/aromatic N) is 1. The predicted octanol–water partition coefficient (Wildman–Crippen LogP) is 5.97. The van der Waals surface area contributed by atoms with E-state index >= 15 is 0 Å². The Bertz CT molecular complexity index is 811. The van der Waals surface area contributed by atoms with E-state index in [1.807, 2.05) is 24.3 Å². The van der Waals surface area contributed by atoms with Gasteiger partial charge >= 0.3 is 0 Å². The van der Waals surface area contributed by atoms with Gasteiger partial charge < -0.3 is 5.11 Å². The zero-order valence-corrected chi connectivity index (χ0v) is 16.7. The molecule has 0 saturated heterocycles. The summed E-state index contributed by atoms with van der Waals surface area (Å²) >= 11 is 7.36. The lowest BCUT2D eigenvalue weighted by Crippen LogP contribution is -1.90. The van der Waals surface area contributed by atoms with Gasteiger partial charge in [-0.3, -0.25) is 10.1 Å². The molecule has 0 amide bonds. The van der Waals surface area contributed by atoms with E-state index < -0.39 is 4.92 Å². The smallest absolute Gasteiger partial charge is 0.271 e. The van der Waals surface area contributed by atoms with Crippen LogP contribution >= 0.6 is 67.9 Å². The van der Waals surface area contributed by atoms with E-state index in [4.69, 9.17) is 0 Å². The standard InChI is InChI=1S/C14H7I2NO3S2/c15-12-3-1-10(21-12)8-5-7(17(19)20)6-9(14(8)18)11-2-4-13(16)22-11/h1-6,18H. The van der Waals surface area contributed by atoms with E-state index in [0.717, 1.165) is 15.5 Å². The van der Waals surface area contributed by atoms with Crippen molar-refractivity contribution < 1.29 is 10.0 Å². The Balaban J connectivity index is 2.26. The molecule has 0 saturated carbocycles. The Morgan fingerprint density at radius 3 is 1.73 bits per heavy atom. The Morgan fingerprint density at radius 1 is 0.955 bits per heavy atom. The van der Waals surface area contributed by atoms with Crippen LogP contribution in [0.25, 0.3) is 20.9 Å². The average Bonchev–Trinajstić information content (AvgIpc) is 3.07. The predicted molar refractivity (Wildman–Crippen MR) is 107 cm³/mol. The number of hydrogen-bond acceptors (Lipinski definition) is 5. The number of phenolic OH excluding ortho intramolecular Hbond substituents is 1. The van der Waals surface area contributed by atoms with Gasteiger partial charge in [0.1, 0.15) is 5.75 Å². The van der Waals surface area contributed by atoms with Gasteiger partial charge in [-0.15, -0.1) is 22.7 Å². The molecule has 0 atom stereocenters. The minimum atomic E-state index is -0.427. The first kappa shape index (κ1) is 16.1. The topological polar surface area (TPSA) is 63.4 Å². The van der Waals surface area contributed by atoms with Crippen molar-refractivity contribution in [3.05, 3.63) is 52.3 Å². The molecule has 1 aromatic carbocycles. The first-order valence-corrected chi connectivity index (χ1v) is 9.77. The lowest BCUT2D eigenvalue weighted by atomic mass is 10.0. The highest BCUT2D eigenvalue weighted by molar-refractivity contribution is 14.1. The highest BCUT2D eigenvalue weighted by Gasteiger charge is 2.20. The van der Waals surface area contributed by atoms with E-state index in [0.29, 0.717) is 11.1 Å². The van der Waals surface area contributed by atoms with Crippen molar-refractivity contribution in [2.24, 2.45) is 0 Å². The second-order valence-corrected chi connectivity index (χ2v) is 10.3. The summed E-state index contributed by atoms with van der Waals surface area (Å²) in [5.41, 5.74) is 0.982. The van der Waals surface area contributed by atoms with E-state index in [9.17, 15) is 15.2 Å². The second kappa shape index (κ2) is 6.42. The third-order valence-electron chi connectivity index (χ3n) is 2.98. The van der Waals surface area contributed by atoms with Crippen molar-refractivity contribution in [2.45, 2.75) is 0 Å². The van der Waals surface area contributed by atoms with Gasteiger partial charge in [-0.2, -0.15) is 0 Å². The fourth-order valence-electron chi connectivity index (χ4n) is 2.02. The van der Waals surface area contributed by atoms with E-state index in [1.165, 1.54) is 34.8 Å². The van der Waals surface area contributed by atoms with Crippen LogP contribution in [0.2, 0.25) is 0 Å². The van der Waals surface area contributed by atoms with Crippen LogP contribution in [0.4, 0.5) is 5.69 Å². The normalized spacial score (nSPS) is 10.8. The number of thiophene rings is 2. The van der Waals surface area contributed by atoms with Crippen LogP contribution in [-0.2, 0) is 0 Å². The van der Waals surface area contributed by atoms with Gasteiger partial charge in [0.25, 0.3) is 5.69 Å². The van der Waals surface area contributed by atoms with Crippen LogP contribution in [0.3, 0.4) is 0 Å². The second-order valence-electron chi connectivity index (χ2n) is 4.35. The summed E-state index contributed by atoms with van der Waals surface area (Å²) in [6, 6.07) is 10.4. The van der Waals surface area contributed by atoms with Crippen LogP contribution in [0, 0.1) is 15.9 Å². The minimum absolute atomic E-state index is 0.0189. The maximum atomic E-state index is 11.2. The van der Waals surface area contributed by atoms with Crippen molar-refractivity contribution in [3.8, 4) is 26.6 Å². The quantitative estimate of drug-likeness (QED) is 0.246. The van der Waals surface area contributed by atoms with Gasteiger partial charge in [-0.1, -0.05) is 0 Å². The summed E-state index contributed by atoms with van der Waals surface area (Å²) in [4.78, 5) is 12.4. The van der Waals surface area contributed by atoms with Crippen LogP contribution in [0.1, 0.15) is 0 Å². The van der Waals surface area contributed by atoms with Gasteiger partial charge in [0.05, 0.1) is 10.7 Å². The van der Waals surface area contributed by atoms with Gasteiger partial charge in [0.2, 0.25) is 0 Å². The summed E-state index contributed by atoms with van der Waals surface area (Å²) in [6.45, 7) is 0. The third kappa shape index (κ3) is 3.14. The number of halogens is 2. The highest BCUT2D eigenvalue weighted by Crippen LogP contribution is 2.45. The molecule has 112 valence electrons. The van der Waals surface area contributed by atoms with Crippen molar-refractivity contribution in [1.29, 1.82) is 0 Å². The van der Waals surface area contributed by atoms with Gasteiger partial charge in [0.15, 0.2) is 0 Å². The first-order valence-electron chi connectivity index (χ1n) is 5.98. The van der Waals surface area contributed by atoms with Crippen LogP contribution in [-0.4, -0.2) is 10.0 Å². The molecule has 0 spiro atoms. The SMILES string of the molecule is O=[N+]([O-])c1cc(-c2ccc(I)s2)c(O)c(-c2ccc(I)s2)c1. The Hall–Kier alpha value is -0.720. The van der Waals surface area contributed by atoms with Crippen LogP contribution in [0.15, 0.2) is 36.4 Å². The molecule has 22 heavy (non-hydrogen) atoms. The molecule has 8 heteroatoms. The third-order valence-corrected chi connectivity index (χ3v) is 6.84. The molecule has 2 heterocycles. The molecule has 3 rings (SSSR count). The van der Waals surface area contributed by atoms with E-state index in [1.54, 1.807) is 0 Å². The largest absolute Gasteiger partial charge is 0.507 e. The van der Waals surface area contributed by atoms with Crippen molar-refractivity contribution in [3.63, 3.8) is 0 Å². The molecule has 0 fully saturated rings. The number of nitro benzene ring substituents is 1. The molecule has 1 N–H and O–H groups in total. The summed E-state index contributed by atoms with van der Waals surface area (Å²) in [6.07, 6.45) is 0. The monoisotopic (exact) mass is 555 g/mol.